The van der Waals surface area contributed by atoms with Crippen molar-refractivity contribution in [2.75, 3.05) is 17.7 Å². The van der Waals surface area contributed by atoms with Crippen LogP contribution < -0.4 is 10.6 Å². The molecule has 0 bridgehead atoms. The first-order chi connectivity index (χ1) is 13.6. The van der Waals surface area contributed by atoms with Crippen LogP contribution >= 0.6 is 0 Å². The molecule has 0 amide bonds. The summed E-state index contributed by atoms with van der Waals surface area (Å²) >= 11 is 0. The standard InChI is InChI=1S/C21H23N5O2/c1-4-14(2)23-21-25-18(16-6-5-11-22-13-16)12-19(26-21)24-17-9-7-15(8-10-17)20(27)28-3/h5-14H,4H2,1-3H3,(H2,23,24,25,26)/t14-/m1/s1. The van der Waals surface area contributed by atoms with Crippen molar-refractivity contribution in [2.45, 2.75) is 26.3 Å². The van der Waals surface area contributed by atoms with E-state index in [1.165, 1.54) is 7.11 Å². The fraction of sp³-hybridized carbons (Fsp3) is 0.238. The molecular weight excluding hydrogens is 354 g/mol. The third kappa shape index (κ3) is 4.82. The van der Waals surface area contributed by atoms with E-state index in [-0.39, 0.29) is 12.0 Å². The molecule has 2 aromatic heterocycles. The van der Waals surface area contributed by atoms with Crippen LogP contribution in [0.4, 0.5) is 17.5 Å². The van der Waals surface area contributed by atoms with Crippen molar-refractivity contribution in [1.82, 2.24) is 15.0 Å². The molecule has 7 heteroatoms. The molecule has 0 aliphatic heterocycles. The summed E-state index contributed by atoms with van der Waals surface area (Å²) in [5, 5.41) is 6.58. The summed E-state index contributed by atoms with van der Waals surface area (Å²) in [5.74, 6) is 0.822. The van der Waals surface area contributed by atoms with Crippen LogP contribution in [0.15, 0.2) is 54.9 Å². The van der Waals surface area contributed by atoms with Crippen molar-refractivity contribution in [2.24, 2.45) is 0 Å². The molecule has 7 nitrogen and oxygen atoms in total. The largest absolute Gasteiger partial charge is 0.465 e. The van der Waals surface area contributed by atoms with Crippen molar-refractivity contribution in [1.29, 1.82) is 0 Å². The number of rotatable bonds is 7. The number of benzene rings is 1. The van der Waals surface area contributed by atoms with Gasteiger partial charge in [0.1, 0.15) is 5.82 Å². The minimum atomic E-state index is -0.368. The summed E-state index contributed by atoms with van der Waals surface area (Å²) in [7, 11) is 1.36. The molecule has 28 heavy (non-hydrogen) atoms. The molecule has 3 rings (SSSR count). The molecule has 2 N–H and O–H groups in total. The fourth-order valence-corrected chi connectivity index (χ4v) is 2.52. The lowest BCUT2D eigenvalue weighted by Crippen LogP contribution is -2.16. The molecule has 0 spiro atoms. The lowest BCUT2D eigenvalue weighted by atomic mass is 10.2. The van der Waals surface area contributed by atoms with Gasteiger partial charge in [-0.3, -0.25) is 4.98 Å². The quantitative estimate of drug-likeness (QED) is 0.594. The number of aromatic nitrogens is 3. The lowest BCUT2D eigenvalue weighted by molar-refractivity contribution is 0.0601. The Morgan fingerprint density at radius 1 is 1.18 bits per heavy atom. The second kappa shape index (κ2) is 8.94. The number of anilines is 3. The van der Waals surface area contributed by atoms with Crippen LogP contribution in [0.25, 0.3) is 11.3 Å². The monoisotopic (exact) mass is 377 g/mol. The van der Waals surface area contributed by atoms with Crippen molar-refractivity contribution in [3.05, 3.63) is 60.4 Å². The van der Waals surface area contributed by atoms with Gasteiger partial charge in [0.2, 0.25) is 5.95 Å². The first kappa shape index (κ1) is 19.3. The predicted molar refractivity (Wildman–Crippen MR) is 110 cm³/mol. The molecule has 2 heterocycles. The van der Waals surface area contributed by atoms with E-state index in [0.29, 0.717) is 17.3 Å². The van der Waals surface area contributed by atoms with Gasteiger partial charge in [0.05, 0.1) is 18.4 Å². The van der Waals surface area contributed by atoms with Gasteiger partial charge in [-0.25, -0.2) is 9.78 Å². The minimum absolute atomic E-state index is 0.247. The highest BCUT2D eigenvalue weighted by molar-refractivity contribution is 5.89. The number of methoxy groups -OCH3 is 1. The molecule has 3 aromatic rings. The molecule has 144 valence electrons. The fourth-order valence-electron chi connectivity index (χ4n) is 2.52. The maximum atomic E-state index is 11.6. The Kier molecular flexibility index (Phi) is 6.16. The summed E-state index contributed by atoms with van der Waals surface area (Å²) in [4.78, 5) is 24.9. The maximum Gasteiger partial charge on any atom is 0.337 e. The van der Waals surface area contributed by atoms with Gasteiger partial charge in [0.25, 0.3) is 0 Å². The Bertz CT molecular complexity index is 929. The molecule has 0 aliphatic carbocycles. The van der Waals surface area contributed by atoms with Gasteiger partial charge in [-0.05, 0) is 49.7 Å². The second-order valence-electron chi connectivity index (χ2n) is 6.35. The summed E-state index contributed by atoms with van der Waals surface area (Å²) in [6, 6.07) is 13.0. The van der Waals surface area contributed by atoms with Crippen molar-refractivity contribution < 1.29 is 9.53 Å². The van der Waals surface area contributed by atoms with Gasteiger partial charge in [-0.15, -0.1) is 0 Å². The number of hydrogen-bond acceptors (Lipinski definition) is 7. The van der Waals surface area contributed by atoms with Crippen LogP contribution in [-0.4, -0.2) is 34.1 Å². The van der Waals surface area contributed by atoms with E-state index < -0.39 is 0 Å². The van der Waals surface area contributed by atoms with Crippen molar-refractivity contribution >= 4 is 23.4 Å². The van der Waals surface area contributed by atoms with E-state index in [2.05, 4.69) is 39.4 Å². The SMILES string of the molecule is CC[C@@H](C)Nc1nc(Nc2ccc(C(=O)OC)cc2)cc(-c2cccnc2)n1. The summed E-state index contributed by atoms with van der Waals surface area (Å²) in [6.45, 7) is 4.18. The third-order valence-electron chi connectivity index (χ3n) is 4.25. The van der Waals surface area contributed by atoms with Gasteiger partial charge in [-0.2, -0.15) is 4.98 Å². The van der Waals surface area contributed by atoms with E-state index in [1.807, 2.05) is 18.2 Å². The van der Waals surface area contributed by atoms with Crippen LogP contribution in [0.2, 0.25) is 0 Å². The molecule has 0 saturated carbocycles. The summed E-state index contributed by atoms with van der Waals surface area (Å²) < 4.78 is 4.73. The highest BCUT2D eigenvalue weighted by Gasteiger charge is 2.10. The van der Waals surface area contributed by atoms with Crippen LogP contribution in [-0.2, 0) is 4.74 Å². The number of esters is 1. The van der Waals surface area contributed by atoms with Crippen molar-refractivity contribution in [3.8, 4) is 11.3 Å². The van der Waals surface area contributed by atoms with Crippen molar-refractivity contribution in [3.63, 3.8) is 0 Å². The Morgan fingerprint density at radius 3 is 2.61 bits per heavy atom. The van der Waals surface area contributed by atoms with Gasteiger partial charge < -0.3 is 15.4 Å². The van der Waals surface area contributed by atoms with Gasteiger partial charge in [0, 0.05) is 35.8 Å². The second-order valence-corrected chi connectivity index (χ2v) is 6.35. The van der Waals surface area contributed by atoms with Crippen LogP contribution in [0.1, 0.15) is 30.6 Å². The molecule has 1 atom stereocenters. The number of carbonyl (C=O) groups is 1. The molecule has 0 fully saturated rings. The van der Waals surface area contributed by atoms with Crippen LogP contribution in [0, 0.1) is 0 Å². The first-order valence-electron chi connectivity index (χ1n) is 9.10. The molecule has 0 radical (unpaired) electrons. The molecular formula is C21H23N5O2. The molecule has 0 unspecified atom stereocenters. The lowest BCUT2D eigenvalue weighted by Gasteiger charge is -2.14. The highest BCUT2D eigenvalue weighted by Crippen LogP contribution is 2.24. The topological polar surface area (TPSA) is 89.0 Å². The first-order valence-corrected chi connectivity index (χ1v) is 9.10. The maximum absolute atomic E-state index is 11.6. The highest BCUT2D eigenvalue weighted by atomic mass is 16.5. The number of pyridine rings is 1. The van der Waals surface area contributed by atoms with Gasteiger partial charge in [-0.1, -0.05) is 6.92 Å². The van der Waals surface area contributed by atoms with E-state index in [4.69, 9.17) is 4.74 Å². The smallest absolute Gasteiger partial charge is 0.337 e. The Labute approximate surface area is 164 Å². The summed E-state index contributed by atoms with van der Waals surface area (Å²) in [5.41, 5.74) is 2.97. The van der Waals surface area contributed by atoms with E-state index in [9.17, 15) is 4.79 Å². The molecule has 0 aliphatic rings. The van der Waals surface area contributed by atoms with Crippen LogP contribution in [0.3, 0.4) is 0 Å². The van der Waals surface area contributed by atoms with E-state index >= 15 is 0 Å². The van der Waals surface area contributed by atoms with Gasteiger partial charge >= 0.3 is 5.97 Å². The number of carbonyl (C=O) groups excluding carboxylic acids is 1. The number of nitrogens with zero attached hydrogens (tertiary/aromatic N) is 3. The Morgan fingerprint density at radius 2 is 1.96 bits per heavy atom. The number of ether oxygens (including phenoxy) is 1. The van der Waals surface area contributed by atoms with E-state index in [1.54, 1.807) is 36.7 Å². The minimum Gasteiger partial charge on any atom is -0.465 e. The zero-order valence-electron chi connectivity index (χ0n) is 16.1. The normalized spacial score (nSPS) is 11.5. The number of nitrogens with one attached hydrogen (secondary N) is 2. The molecule has 0 saturated heterocycles. The predicted octanol–water partition coefficient (Wildman–Crippen LogP) is 4.28. The van der Waals surface area contributed by atoms with Gasteiger partial charge in [0.15, 0.2) is 0 Å². The van der Waals surface area contributed by atoms with E-state index in [0.717, 1.165) is 23.4 Å². The zero-order valence-corrected chi connectivity index (χ0v) is 16.1. The zero-order chi connectivity index (χ0) is 19.9. The average molecular weight is 377 g/mol. The Hall–Kier alpha value is -3.48. The molecule has 1 aromatic carbocycles. The average Bonchev–Trinajstić information content (AvgIpc) is 2.74. The summed E-state index contributed by atoms with van der Waals surface area (Å²) in [6.07, 6.45) is 4.45. The third-order valence-corrected chi connectivity index (χ3v) is 4.25. The number of hydrogen-bond donors (Lipinski definition) is 2. The Balaban J connectivity index is 1.90. The van der Waals surface area contributed by atoms with Crippen LogP contribution in [0.5, 0.6) is 0 Å².